The fourth-order valence-electron chi connectivity index (χ4n) is 5.33. The van der Waals surface area contributed by atoms with Gasteiger partial charge in [-0.25, -0.2) is 0 Å². The van der Waals surface area contributed by atoms with E-state index in [0.717, 1.165) is 35.1 Å². The van der Waals surface area contributed by atoms with E-state index < -0.39 is 0 Å². The monoisotopic (exact) mass is 336 g/mol. The maximum Gasteiger partial charge on any atom is 0.125 e. The third-order valence-electron chi connectivity index (χ3n) is 5.76. The molecule has 2 atom stereocenters. The average molecular weight is 337 g/mol. The minimum absolute atomic E-state index is 0.0586. The second-order valence-electron chi connectivity index (χ2n) is 7.50. The number of allylic oxidation sites excluding steroid dienone is 1. The van der Waals surface area contributed by atoms with Crippen molar-refractivity contribution in [1.82, 2.24) is 0 Å². The molecule has 0 radical (unpaired) electrons. The molecule has 0 aliphatic heterocycles. The lowest BCUT2D eigenvalue weighted by molar-refractivity contribution is 0.0843. The van der Waals surface area contributed by atoms with Gasteiger partial charge in [0, 0.05) is 15.5 Å². The fraction of sp³-hybridized carbons (Fsp3) is 0.579. The Kier molecular flexibility index (Phi) is 3.51. The van der Waals surface area contributed by atoms with E-state index in [0.29, 0.717) is 11.8 Å². The molecule has 3 heteroatoms. The number of benzene rings is 1. The van der Waals surface area contributed by atoms with Crippen molar-refractivity contribution in [1.29, 1.82) is 0 Å². The Balaban J connectivity index is 1.81. The molecule has 0 aromatic heterocycles. The predicted octanol–water partition coefficient (Wildman–Crippen LogP) is 5.82. The SMILES string of the molecule is COC(=C1C2CC3CC1CC(Cl)(C3)C2)c1cc(C)cc(Cl)c1. The van der Waals surface area contributed by atoms with Crippen LogP contribution in [0.3, 0.4) is 0 Å². The van der Waals surface area contributed by atoms with Gasteiger partial charge in [0.25, 0.3) is 0 Å². The highest BCUT2D eigenvalue weighted by molar-refractivity contribution is 6.30. The number of aryl methyl sites for hydroxylation is 1. The van der Waals surface area contributed by atoms with Crippen molar-refractivity contribution in [2.24, 2.45) is 17.8 Å². The van der Waals surface area contributed by atoms with E-state index in [9.17, 15) is 0 Å². The quantitative estimate of drug-likeness (QED) is 0.488. The number of methoxy groups -OCH3 is 1. The van der Waals surface area contributed by atoms with Crippen LogP contribution in [0.4, 0.5) is 0 Å². The number of alkyl halides is 1. The molecule has 1 aromatic carbocycles. The summed E-state index contributed by atoms with van der Waals surface area (Å²) in [6.45, 7) is 2.08. The van der Waals surface area contributed by atoms with Crippen LogP contribution in [0.5, 0.6) is 0 Å². The molecule has 4 fully saturated rings. The van der Waals surface area contributed by atoms with Crippen LogP contribution >= 0.6 is 23.2 Å². The molecule has 2 unspecified atom stereocenters. The summed E-state index contributed by atoms with van der Waals surface area (Å²) in [6.07, 6.45) is 6.01. The summed E-state index contributed by atoms with van der Waals surface area (Å²) in [4.78, 5) is 0.0586. The molecule has 4 bridgehead atoms. The molecule has 4 aliphatic carbocycles. The predicted molar refractivity (Wildman–Crippen MR) is 92.3 cm³/mol. The first-order valence-corrected chi connectivity index (χ1v) is 8.97. The Hall–Kier alpha value is -0.660. The third-order valence-corrected chi connectivity index (χ3v) is 6.45. The molecule has 5 rings (SSSR count). The van der Waals surface area contributed by atoms with E-state index in [2.05, 4.69) is 13.0 Å². The van der Waals surface area contributed by atoms with E-state index >= 15 is 0 Å². The van der Waals surface area contributed by atoms with Gasteiger partial charge < -0.3 is 4.74 Å². The van der Waals surface area contributed by atoms with Gasteiger partial charge in [-0.05, 0) is 86.1 Å². The van der Waals surface area contributed by atoms with E-state index in [1.807, 2.05) is 12.1 Å². The molecule has 22 heavy (non-hydrogen) atoms. The molecule has 0 saturated heterocycles. The summed E-state index contributed by atoms with van der Waals surface area (Å²) in [7, 11) is 1.79. The van der Waals surface area contributed by atoms with Crippen molar-refractivity contribution in [3.05, 3.63) is 39.9 Å². The zero-order valence-corrected chi connectivity index (χ0v) is 14.7. The first-order valence-electron chi connectivity index (χ1n) is 8.22. The number of halogens is 2. The van der Waals surface area contributed by atoms with Crippen LogP contribution in [0.2, 0.25) is 5.02 Å². The molecule has 4 saturated carbocycles. The van der Waals surface area contributed by atoms with Crippen molar-refractivity contribution >= 4 is 29.0 Å². The van der Waals surface area contributed by atoms with Gasteiger partial charge in [0.15, 0.2) is 0 Å². The molecule has 0 N–H and O–H groups in total. The molecule has 1 nitrogen and oxygen atoms in total. The number of hydrogen-bond acceptors (Lipinski definition) is 1. The topological polar surface area (TPSA) is 9.23 Å². The van der Waals surface area contributed by atoms with Crippen molar-refractivity contribution in [2.75, 3.05) is 7.11 Å². The van der Waals surface area contributed by atoms with Gasteiger partial charge in [-0.2, -0.15) is 0 Å². The van der Waals surface area contributed by atoms with Gasteiger partial charge in [0.2, 0.25) is 0 Å². The summed E-state index contributed by atoms with van der Waals surface area (Å²) >= 11 is 13.1. The van der Waals surface area contributed by atoms with E-state index in [1.54, 1.807) is 7.11 Å². The van der Waals surface area contributed by atoms with Gasteiger partial charge in [-0.15, -0.1) is 11.6 Å². The normalized spacial score (nSPS) is 35.8. The fourth-order valence-corrected chi connectivity index (χ4v) is 6.21. The van der Waals surface area contributed by atoms with Crippen LogP contribution in [0.15, 0.2) is 23.8 Å². The van der Waals surface area contributed by atoms with E-state index in [-0.39, 0.29) is 4.87 Å². The van der Waals surface area contributed by atoms with Crippen LogP contribution < -0.4 is 0 Å². The Bertz CT molecular complexity index is 611. The summed E-state index contributed by atoms with van der Waals surface area (Å²) in [5.74, 6) is 3.06. The Morgan fingerprint density at radius 2 is 1.82 bits per heavy atom. The van der Waals surface area contributed by atoms with Crippen LogP contribution in [0.25, 0.3) is 5.76 Å². The molecule has 0 spiro atoms. The van der Waals surface area contributed by atoms with Gasteiger partial charge in [0.05, 0.1) is 7.11 Å². The van der Waals surface area contributed by atoms with Crippen LogP contribution in [-0.4, -0.2) is 12.0 Å². The Labute approximate surface area is 142 Å². The zero-order valence-electron chi connectivity index (χ0n) is 13.2. The lowest BCUT2D eigenvalue weighted by Crippen LogP contribution is -2.48. The molecule has 4 aliphatic rings. The first-order chi connectivity index (χ1) is 10.5. The van der Waals surface area contributed by atoms with Gasteiger partial charge in [0.1, 0.15) is 5.76 Å². The summed E-state index contributed by atoms with van der Waals surface area (Å²) in [6, 6.07) is 6.20. The van der Waals surface area contributed by atoms with E-state index in [4.69, 9.17) is 27.9 Å². The maximum atomic E-state index is 6.86. The first kappa shape index (κ1) is 14.9. The van der Waals surface area contributed by atoms with Crippen molar-refractivity contribution in [2.45, 2.75) is 43.9 Å². The number of ether oxygens (including phenoxy) is 1. The van der Waals surface area contributed by atoms with E-state index in [1.165, 1.54) is 30.4 Å². The standard InChI is InChI=1S/C19H22Cl2O/c1-11-3-13(7-16(20)4-11)18(22-2)17-14-5-12-6-15(17)10-19(21,8-12)9-14/h3-4,7,12,14-15H,5-6,8-10H2,1-2H3. The number of rotatable bonds is 2. The lowest BCUT2D eigenvalue weighted by Gasteiger charge is -2.55. The van der Waals surface area contributed by atoms with Crippen LogP contribution in [0.1, 0.15) is 43.2 Å². The number of hydrogen-bond donors (Lipinski definition) is 0. The van der Waals surface area contributed by atoms with Crippen molar-refractivity contribution in [3.63, 3.8) is 0 Å². The highest BCUT2D eigenvalue weighted by Gasteiger charge is 2.53. The maximum absolute atomic E-state index is 6.86. The Morgan fingerprint density at radius 3 is 2.36 bits per heavy atom. The molecular weight excluding hydrogens is 315 g/mol. The third kappa shape index (κ3) is 2.37. The highest BCUT2D eigenvalue weighted by Crippen LogP contribution is 2.61. The highest BCUT2D eigenvalue weighted by atomic mass is 35.5. The minimum Gasteiger partial charge on any atom is -0.496 e. The minimum atomic E-state index is 0.0586. The summed E-state index contributed by atoms with van der Waals surface area (Å²) < 4.78 is 5.88. The second-order valence-corrected chi connectivity index (χ2v) is 8.74. The van der Waals surface area contributed by atoms with Crippen LogP contribution in [-0.2, 0) is 4.74 Å². The Morgan fingerprint density at radius 1 is 1.14 bits per heavy atom. The van der Waals surface area contributed by atoms with Gasteiger partial charge in [-0.1, -0.05) is 11.6 Å². The van der Waals surface area contributed by atoms with Crippen molar-refractivity contribution in [3.8, 4) is 0 Å². The summed E-state index contributed by atoms with van der Waals surface area (Å²) in [5.41, 5.74) is 3.81. The average Bonchev–Trinajstić information content (AvgIpc) is 2.39. The van der Waals surface area contributed by atoms with Gasteiger partial charge in [-0.3, -0.25) is 0 Å². The zero-order chi connectivity index (χ0) is 15.5. The molecule has 1 aromatic rings. The molecule has 0 amide bonds. The molecular formula is C19H22Cl2O. The lowest BCUT2D eigenvalue weighted by atomic mass is 9.53. The second kappa shape index (κ2) is 5.18. The summed E-state index contributed by atoms with van der Waals surface area (Å²) in [5, 5.41) is 0.780. The molecule has 118 valence electrons. The van der Waals surface area contributed by atoms with Gasteiger partial charge >= 0.3 is 0 Å². The van der Waals surface area contributed by atoms with Crippen molar-refractivity contribution < 1.29 is 4.74 Å². The van der Waals surface area contributed by atoms with Crippen LogP contribution in [0, 0.1) is 24.7 Å². The molecule has 0 heterocycles. The smallest absolute Gasteiger partial charge is 0.125 e. The largest absolute Gasteiger partial charge is 0.496 e.